The average molecular weight is 395 g/mol. The van der Waals surface area contributed by atoms with Gasteiger partial charge in [-0.1, -0.05) is 20.8 Å². The van der Waals surface area contributed by atoms with E-state index in [1.54, 1.807) is 10.4 Å². The minimum atomic E-state index is -3.38. The first-order valence-electron chi connectivity index (χ1n) is 7.25. The molecule has 0 radical (unpaired) electrons. The van der Waals surface area contributed by atoms with E-state index in [0.717, 1.165) is 24.3 Å². The van der Waals surface area contributed by atoms with Crippen molar-refractivity contribution in [2.45, 2.75) is 45.1 Å². The minimum Gasteiger partial charge on any atom is -0.312 e. The van der Waals surface area contributed by atoms with E-state index in [4.69, 9.17) is 0 Å². The Bertz CT molecular complexity index is 586. The van der Waals surface area contributed by atoms with Crippen LogP contribution in [0.3, 0.4) is 0 Å². The summed E-state index contributed by atoms with van der Waals surface area (Å²) in [4.78, 5) is 1.46. The van der Waals surface area contributed by atoms with Gasteiger partial charge in [0.15, 0.2) is 0 Å². The van der Waals surface area contributed by atoms with Gasteiger partial charge in [0, 0.05) is 24.5 Å². The zero-order valence-electron chi connectivity index (χ0n) is 12.8. The molecular formula is C14H23BrN2O2S2. The Morgan fingerprint density at radius 1 is 1.38 bits per heavy atom. The summed E-state index contributed by atoms with van der Waals surface area (Å²) >= 11 is 4.91. The highest BCUT2D eigenvalue weighted by Crippen LogP contribution is 2.37. The fraction of sp³-hybridized carbons (Fsp3) is 0.714. The highest BCUT2D eigenvalue weighted by atomic mass is 79.9. The minimum absolute atomic E-state index is 0.244. The first-order valence-corrected chi connectivity index (χ1v) is 10.3. The number of thiophene rings is 1. The Kier molecular flexibility index (Phi) is 5.52. The second-order valence-electron chi connectivity index (χ2n) is 6.20. The van der Waals surface area contributed by atoms with Crippen LogP contribution in [0.4, 0.5) is 0 Å². The average Bonchev–Trinajstić information content (AvgIpc) is 2.78. The zero-order valence-corrected chi connectivity index (χ0v) is 16.0. The number of hydrogen-bond acceptors (Lipinski definition) is 4. The molecule has 0 aromatic carbocycles. The molecule has 1 aromatic heterocycles. The molecule has 1 N–H and O–H groups in total. The number of halogens is 1. The van der Waals surface area contributed by atoms with Crippen molar-refractivity contribution in [2.24, 2.45) is 5.41 Å². The molecule has 120 valence electrons. The van der Waals surface area contributed by atoms with Crippen LogP contribution >= 0.6 is 27.3 Å². The van der Waals surface area contributed by atoms with Crippen LogP contribution < -0.4 is 5.32 Å². The second kappa shape index (κ2) is 6.66. The third-order valence-electron chi connectivity index (χ3n) is 3.95. The number of rotatable bonds is 5. The lowest BCUT2D eigenvalue weighted by molar-refractivity contribution is 0.196. The standard InChI is InChI=1S/C14H23BrN2O2S2/c1-4-16-10-11-9-12(13(15)20-11)21(18,19)17-7-5-14(2,3)6-8-17/h9,16H,4-8,10H2,1-3H3. The summed E-state index contributed by atoms with van der Waals surface area (Å²) in [6, 6.07) is 1.80. The zero-order chi connectivity index (χ0) is 15.7. The molecule has 0 bridgehead atoms. The summed E-state index contributed by atoms with van der Waals surface area (Å²) in [6.45, 7) is 9.25. The van der Waals surface area contributed by atoms with Crippen LogP contribution in [0, 0.1) is 5.41 Å². The van der Waals surface area contributed by atoms with Crippen LogP contribution in [0.1, 0.15) is 38.5 Å². The molecule has 1 saturated heterocycles. The van der Waals surface area contributed by atoms with Gasteiger partial charge < -0.3 is 5.32 Å². The Labute approximate surface area is 140 Å². The maximum atomic E-state index is 12.8. The number of nitrogens with one attached hydrogen (secondary N) is 1. The smallest absolute Gasteiger partial charge is 0.245 e. The fourth-order valence-electron chi connectivity index (χ4n) is 2.38. The van der Waals surface area contributed by atoms with E-state index >= 15 is 0 Å². The van der Waals surface area contributed by atoms with Crippen molar-refractivity contribution >= 4 is 37.3 Å². The van der Waals surface area contributed by atoms with Crippen molar-refractivity contribution in [1.82, 2.24) is 9.62 Å². The number of nitrogens with zero attached hydrogens (tertiary/aromatic N) is 1. The van der Waals surface area contributed by atoms with Gasteiger partial charge in [-0.3, -0.25) is 0 Å². The van der Waals surface area contributed by atoms with Crippen LogP contribution in [-0.4, -0.2) is 32.4 Å². The van der Waals surface area contributed by atoms with E-state index < -0.39 is 10.0 Å². The molecule has 4 nitrogen and oxygen atoms in total. The van der Waals surface area contributed by atoms with Gasteiger partial charge in [0.2, 0.25) is 10.0 Å². The van der Waals surface area contributed by atoms with E-state index in [-0.39, 0.29) is 5.41 Å². The molecular weight excluding hydrogens is 372 g/mol. The molecule has 2 heterocycles. The van der Waals surface area contributed by atoms with Crippen LogP contribution in [0.5, 0.6) is 0 Å². The van der Waals surface area contributed by atoms with Gasteiger partial charge in [0.05, 0.1) is 3.79 Å². The number of sulfonamides is 1. The molecule has 2 rings (SSSR count). The second-order valence-corrected chi connectivity index (χ2v) is 10.6. The predicted molar refractivity (Wildman–Crippen MR) is 91.2 cm³/mol. The van der Waals surface area contributed by atoms with Gasteiger partial charge in [-0.15, -0.1) is 11.3 Å². The number of hydrogen-bond donors (Lipinski definition) is 1. The Balaban J connectivity index is 2.18. The van der Waals surface area contributed by atoms with Gasteiger partial charge in [0.1, 0.15) is 4.90 Å². The molecule has 0 spiro atoms. The first-order chi connectivity index (χ1) is 9.76. The van der Waals surface area contributed by atoms with Crippen molar-refractivity contribution in [1.29, 1.82) is 0 Å². The lowest BCUT2D eigenvalue weighted by atomic mass is 9.83. The normalized spacial score (nSPS) is 19.8. The largest absolute Gasteiger partial charge is 0.312 e. The van der Waals surface area contributed by atoms with Crippen LogP contribution in [0.15, 0.2) is 14.7 Å². The molecule has 0 aliphatic carbocycles. The van der Waals surface area contributed by atoms with Crippen LogP contribution in [-0.2, 0) is 16.6 Å². The monoisotopic (exact) mass is 394 g/mol. The molecule has 1 fully saturated rings. The maximum Gasteiger partial charge on any atom is 0.245 e. The van der Waals surface area contributed by atoms with Gasteiger partial charge in [-0.05, 0) is 46.8 Å². The van der Waals surface area contributed by atoms with Gasteiger partial charge >= 0.3 is 0 Å². The molecule has 1 aliphatic rings. The van der Waals surface area contributed by atoms with E-state index in [0.29, 0.717) is 28.3 Å². The molecule has 0 unspecified atom stereocenters. The summed E-state index contributed by atoms with van der Waals surface area (Å²) in [7, 11) is -3.38. The van der Waals surface area contributed by atoms with Gasteiger partial charge in [-0.2, -0.15) is 4.31 Å². The lowest BCUT2D eigenvalue weighted by Gasteiger charge is -2.36. The lowest BCUT2D eigenvalue weighted by Crippen LogP contribution is -2.41. The molecule has 0 saturated carbocycles. The summed E-state index contributed by atoms with van der Waals surface area (Å²) in [6.07, 6.45) is 1.83. The third kappa shape index (κ3) is 4.07. The molecule has 1 aromatic rings. The number of piperidine rings is 1. The molecule has 0 atom stereocenters. The summed E-state index contributed by atoms with van der Waals surface area (Å²) in [5, 5.41) is 3.23. The third-order valence-corrected chi connectivity index (χ3v) is 8.10. The van der Waals surface area contributed by atoms with Gasteiger partial charge in [0.25, 0.3) is 0 Å². The van der Waals surface area contributed by atoms with Crippen molar-refractivity contribution in [3.63, 3.8) is 0 Å². The van der Waals surface area contributed by atoms with Crippen LogP contribution in [0.25, 0.3) is 0 Å². The molecule has 1 aliphatic heterocycles. The summed E-state index contributed by atoms with van der Waals surface area (Å²) in [5.41, 5.74) is 0.244. The quantitative estimate of drug-likeness (QED) is 0.831. The van der Waals surface area contributed by atoms with Crippen LogP contribution in [0.2, 0.25) is 0 Å². The fourth-order valence-corrected chi connectivity index (χ4v) is 6.42. The highest BCUT2D eigenvalue weighted by Gasteiger charge is 2.34. The van der Waals surface area contributed by atoms with Crippen molar-refractivity contribution < 1.29 is 8.42 Å². The van der Waals surface area contributed by atoms with Crippen molar-refractivity contribution in [3.05, 3.63) is 14.7 Å². The molecule has 7 heteroatoms. The predicted octanol–water partition coefficient (Wildman–Crippen LogP) is 3.43. The van der Waals surface area contributed by atoms with Crippen molar-refractivity contribution in [2.75, 3.05) is 19.6 Å². The topological polar surface area (TPSA) is 49.4 Å². The summed E-state index contributed by atoms with van der Waals surface area (Å²) < 4.78 is 27.9. The Morgan fingerprint density at radius 2 is 2.00 bits per heavy atom. The van der Waals surface area contributed by atoms with E-state index in [1.165, 1.54) is 11.3 Å². The SMILES string of the molecule is CCNCc1cc(S(=O)(=O)N2CCC(C)(C)CC2)c(Br)s1. The van der Waals surface area contributed by atoms with E-state index in [9.17, 15) is 8.42 Å². The first kappa shape index (κ1) is 17.4. The van der Waals surface area contributed by atoms with Crippen molar-refractivity contribution in [3.8, 4) is 0 Å². The highest BCUT2D eigenvalue weighted by molar-refractivity contribution is 9.11. The molecule has 21 heavy (non-hydrogen) atoms. The molecule has 0 amide bonds. The van der Waals surface area contributed by atoms with E-state index in [2.05, 4.69) is 35.1 Å². The Morgan fingerprint density at radius 3 is 2.57 bits per heavy atom. The summed E-state index contributed by atoms with van der Waals surface area (Å²) in [5.74, 6) is 0. The van der Waals surface area contributed by atoms with Gasteiger partial charge in [-0.25, -0.2) is 8.42 Å². The Hall–Kier alpha value is 0.0500. The van der Waals surface area contributed by atoms with E-state index in [1.807, 2.05) is 6.92 Å². The maximum absolute atomic E-state index is 12.8.